The first-order valence-electron chi connectivity index (χ1n) is 9.80. The molecule has 0 fully saturated rings. The highest BCUT2D eigenvalue weighted by molar-refractivity contribution is 5.95. The molecule has 0 saturated heterocycles. The third-order valence-corrected chi connectivity index (χ3v) is 4.87. The number of imidazole rings is 1. The highest BCUT2D eigenvalue weighted by Gasteiger charge is 2.21. The molecule has 5 nitrogen and oxygen atoms in total. The molecule has 0 radical (unpaired) electrons. The molecule has 150 valence electrons. The Morgan fingerprint density at radius 2 is 1.73 bits per heavy atom. The maximum atomic E-state index is 13.1. The van der Waals surface area contributed by atoms with Gasteiger partial charge in [-0.2, -0.15) is 0 Å². The van der Waals surface area contributed by atoms with Crippen LogP contribution in [0.25, 0.3) is 0 Å². The second-order valence-corrected chi connectivity index (χ2v) is 7.02. The Balaban J connectivity index is 1.52. The summed E-state index contributed by atoms with van der Waals surface area (Å²) in [5.74, 6) is 1.24. The van der Waals surface area contributed by atoms with Gasteiger partial charge in [-0.1, -0.05) is 66.7 Å². The van der Waals surface area contributed by atoms with Crippen LogP contribution in [-0.4, -0.2) is 15.5 Å². The van der Waals surface area contributed by atoms with Crippen LogP contribution in [0.1, 0.15) is 33.4 Å². The third-order valence-electron chi connectivity index (χ3n) is 4.87. The highest BCUT2D eigenvalue weighted by Crippen LogP contribution is 2.22. The number of hydrogen-bond donors (Lipinski definition) is 1. The van der Waals surface area contributed by atoms with E-state index >= 15 is 0 Å². The number of hydrogen-bond acceptors (Lipinski definition) is 3. The van der Waals surface area contributed by atoms with Gasteiger partial charge < -0.3 is 14.6 Å². The molecule has 1 N–H and O–H groups in total. The van der Waals surface area contributed by atoms with Gasteiger partial charge in [0.2, 0.25) is 0 Å². The summed E-state index contributed by atoms with van der Waals surface area (Å²) in [4.78, 5) is 17.5. The smallest absolute Gasteiger partial charge is 0.252 e. The van der Waals surface area contributed by atoms with Gasteiger partial charge in [-0.25, -0.2) is 4.98 Å². The molecular weight excluding hydrogens is 374 g/mol. The molecule has 0 bridgehead atoms. The average molecular weight is 397 g/mol. The normalized spacial score (nSPS) is 11.6. The minimum absolute atomic E-state index is 0.183. The second kappa shape index (κ2) is 9.09. The van der Waals surface area contributed by atoms with Gasteiger partial charge >= 0.3 is 0 Å². The largest absolute Gasteiger partial charge is 0.489 e. The molecule has 1 unspecified atom stereocenters. The fourth-order valence-electron chi connectivity index (χ4n) is 3.28. The first-order chi connectivity index (χ1) is 14.7. The van der Waals surface area contributed by atoms with E-state index in [1.807, 2.05) is 90.6 Å². The number of nitrogens with one attached hydrogen (secondary N) is 1. The molecule has 5 heteroatoms. The van der Waals surface area contributed by atoms with Crippen LogP contribution in [-0.2, 0) is 13.7 Å². The quantitative estimate of drug-likeness (QED) is 0.499. The summed E-state index contributed by atoms with van der Waals surface area (Å²) in [5.41, 5.74) is 2.58. The van der Waals surface area contributed by atoms with Crippen LogP contribution in [0.3, 0.4) is 0 Å². The molecule has 30 heavy (non-hydrogen) atoms. The van der Waals surface area contributed by atoms with Crippen molar-refractivity contribution in [2.24, 2.45) is 7.05 Å². The van der Waals surface area contributed by atoms with Crippen molar-refractivity contribution in [3.8, 4) is 5.75 Å². The summed E-state index contributed by atoms with van der Waals surface area (Å²) in [5, 5.41) is 3.12. The van der Waals surface area contributed by atoms with E-state index in [9.17, 15) is 4.79 Å². The van der Waals surface area contributed by atoms with E-state index in [0.29, 0.717) is 17.9 Å². The van der Waals surface area contributed by atoms with Gasteiger partial charge in [0.25, 0.3) is 5.91 Å². The second-order valence-electron chi connectivity index (χ2n) is 7.02. The van der Waals surface area contributed by atoms with E-state index in [2.05, 4.69) is 10.3 Å². The molecule has 0 aliphatic heterocycles. The summed E-state index contributed by atoms with van der Waals surface area (Å²) in [6.45, 7) is 0.450. The van der Waals surface area contributed by atoms with Crippen LogP contribution in [0.2, 0.25) is 0 Å². The molecular formula is C25H23N3O2. The number of rotatable bonds is 7. The number of aryl methyl sites for hydroxylation is 1. The Hall–Kier alpha value is -3.86. The number of aromatic nitrogens is 2. The molecule has 0 aliphatic rings. The zero-order chi connectivity index (χ0) is 20.8. The number of carbonyl (C=O) groups excluding carboxylic acids is 1. The standard InChI is InChI=1S/C25H23N3O2/c1-28-16-15-26-24(28)23(20-11-6-3-7-12-20)27-25(29)21-13-8-14-22(17-21)30-18-19-9-4-2-5-10-19/h2-17,23H,18H2,1H3,(H,27,29). The Morgan fingerprint density at radius 3 is 2.43 bits per heavy atom. The molecule has 0 saturated carbocycles. The third kappa shape index (κ3) is 4.58. The van der Waals surface area contributed by atoms with E-state index in [4.69, 9.17) is 4.74 Å². The van der Waals surface area contributed by atoms with Crippen LogP contribution in [0, 0.1) is 0 Å². The van der Waals surface area contributed by atoms with Crippen molar-refractivity contribution in [1.29, 1.82) is 0 Å². The van der Waals surface area contributed by atoms with Gasteiger partial charge in [-0.05, 0) is 29.3 Å². The fourth-order valence-corrected chi connectivity index (χ4v) is 3.28. The first-order valence-corrected chi connectivity index (χ1v) is 9.80. The Bertz CT molecular complexity index is 1110. The van der Waals surface area contributed by atoms with E-state index < -0.39 is 0 Å². The number of amides is 1. The van der Waals surface area contributed by atoms with Gasteiger partial charge in [0.1, 0.15) is 24.2 Å². The average Bonchev–Trinajstić information content (AvgIpc) is 3.23. The predicted molar refractivity (Wildman–Crippen MR) is 116 cm³/mol. The van der Waals surface area contributed by atoms with Gasteiger partial charge in [0, 0.05) is 25.0 Å². The maximum absolute atomic E-state index is 13.1. The summed E-state index contributed by atoms with van der Waals surface area (Å²) >= 11 is 0. The van der Waals surface area contributed by atoms with Crippen molar-refractivity contribution >= 4 is 5.91 Å². The SMILES string of the molecule is Cn1ccnc1C(NC(=O)c1cccc(OCc2ccccc2)c1)c1ccccc1. The molecule has 4 rings (SSSR count). The Kier molecular flexibility index (Phi) is 5.90. The molecule has 4 aromatic rings. The van der Waals surface area contributed by atoms with E-state index in [1.54, 1.807) is 18.3 Å². The zero-order valence-corrected chi connectivity index (χ0v) is 16.7. The minimum atomic E-state index is -0.354. The van der Waals surface area contributed by atoms with E-state index in [-0.39, 0.29) is 11.9 Å². The van der Waals surface area contributed by atoms with E-state index in [0.717, 1.165) is 17.0 Å². The van der Waals surface area contributed by atoms with Gasteiger partial charge in [-0.3, -0.25) is 4.79 Å². The van der Waals surface area contributed by atoms with Gasteiger partial charge in [-0.15, -0.1) is 0 Å². The van der Waals surface area contributed by atoms with Crippen LogP contribution in [0.4, 0.5) is 0 Å². The van der Waals surface area contributed by atoms with E-state index in [1.165, 1.54) is 0 Å². The minimum Gasteiger partial charge on any atom is -0.489 e. The summed E-state index contributed by atoms with van der Waals surface area (Å²) in [7, 11) is 1.92. The van der Waals surface area contributed by atoms with Crippen molar-refractivity contribution in [3.63, 3.8) is 0 Å². The molecule has 1 aromatic heterocycles. The Labute approximate surface area is 176 Å². The van der Waals surface area contributed by atoms with Crippen molar-refractivity contribution in [1.82, 2.24) is 14.9 Å². The summed E-state index contributed by atoms with van der Waals surface area (Å²) < 4.78 is 7.78. The first kappa shape index (κ1) is 19.5. The number of benzene rings is 3. The lowest BCUT2D eigenvalue weighted by atomic mass is 10.1. The lowest BCUT2D eigenvalue weighted by molar-refractivity contribution is 0.0940. The monoisotopic (exact) mass is 397 g/mol. The lowest BCUT2D eigenvalue weighted by Gasteiger charge is -2.19. The topological polar surface area (TPSA) is 56.2 Å². The molecule has 1 atom stereocenters. The fraction of sp³-hybridized carbons (Fsp3) is 0.120. The van der Waals surface area contributed by atoms with Crippen molar-refractivity contribution in [3.05, 3.63) is 120 Å². The highest BCUT2D eigenvalue weighted by atomic mass is 16.5. The van der Waals surface area contributed by atoms with Crippen LogP contribution < -0.4 is 10.1 Å². The van der Waals surface area contributed by atoms with Crippen molar-refractivity contribution < 1.29 is 9.53 Å². The maximum Gasteiger partial charge on any atom is 0.252 e. The number of nitrogens with zero attached hydrogens (tertiary/aromatic N) is 2. The van der Waals surface area contributed by atoms with Crippen molar-refractivity contribution in [2.45, 2.75) is 12.6 Å². The number of ether oxygens (including phenoxy) is 1. The predicted octanol–water partition coefficient (Wildman–Crippen LogP) is 4.52. The van der Waals surface area contributed by atoms with Crippen molar-refractivity contribution in [2.75, 3.05) is 0 Å². The molecule has 0 spiro atoms. The van der Waals surface area contributed by atoms with Crippen LogP contribution in [0.5, 0.6) is 5.75 Å². The van der Waals surface area contributed by atoms with Crippen LogP contribution in [0.15, 0.2) is 97.3 Å². The Morgan fingerprint density at radius 1 is 1.00 bits per heavy atom. The summed E-state index contributed by atoms with van der Waals surface area (Å²) in [6, 6.07) is 26.6. The summed E-state index contributed by atoms with van der Waals surface area (Å²) in [6.07, 6.45) is 3.60. The van der Waals surface area contributed by atoms with Crippen LogP contribution >= 0.6 is 0 Å². The van der Waals surface area contributed by atoms with Gasteiger partial charge in [0.15, 0.2) is 0 Å². The zero-order valence-electron chi connectivity index (χ0n) is 16.7. The molecule has 3 aromatic carbocycles. The van der Waals surface area contributed by atoms with Gasteiger partial charge in [0.05, 0.1) is 0 Å². The molecule has 0 aliphatic carbocycles. The lowest BCUT2D eigenvalue weighted by Crippen LogP contribution is -2.31. The molecule has 1 amide bonds. The number of carbonyl (C=O) groups is 1. The molecule has 1 heterocycles.